The third-order valence-electron chi connectivity index (χ3n) is 6.07. The van der Waals surface area contributed by atoms with Gasteiger partial charge in [-0.25, -0.2) is 19.4 Å². The molecular weight excluding hydrogens is 486 g/mol. The Hall–Kier alpha value is -3.73. The fourth-order valence-corrected chi connectivity index (χ4v) is 4.52. The van der Waals surface area contributed by atoms with Gasteiger partial charge in [-0.05, 0) is 85.0 Å². The average Bonchev–Trinajstić information content (AvgIpc) is 3.41. The van der Waals surface area contributed by atoms with Gasteiger partial charge in [0.15, 0.2) is 17.4 Å². The molecule has 0 radical (unpaired) electrons. The molecule has 1 saturated heterocycles. The summed E-state index contributed by atoms with van der Waals surface area (Å²) in [5.74, 6) is 2.60. The van der Waals surface area contributed by atoms with Gasteiger partial charge in [0.25, 0.3) is 0 Å². The molecule has 1 fully saturated rings. The zero-order chi connectivity index (χ0) is 27.4. The van der Waals surface area contributed by atoms with Gasteiger partial charge in [-0.1, -0.05) is 0 Å². The number of piperidine rings is 1. The van der Waals surface area contributed by atoms with Crippen LogP contribution in [0.3, 0.4) is 0 Å². The molecule has 1 aliphatic rings. The number of aryl methyl sites for hydroxylation is 3. The minimum atomic E-state index is -0.536. The van der Waals surface area contributed by atoms with Crippen molar-refractivity contribution in [2.75, 3.05) is 31.5 Å². The maximum atomic E-state index is 13.0. The van der Waals surface area contributed by atoms with Crippen molar-refractivity contribution in [2.24, 2.45) is 5.92 Å². The Morgan fingerprint density at radius 1 is 1.16 bits per heavy atom. The lowest BCUT2D eigenvalue weighted by Gasteiger charge is -2.32. The Morgan fingerprint density at radius 2 is 1.95 bits per heavy atom. The van der Waals surface area contributed by atoms with Crippen LogP contribution >= 0.6 is 0 Å². The summed E-state index contributed by atoms with van der Waals surface area (Å²) >= 11 is 0. The van der Waals surface area contributed by atoms with Gasteiger partial charge >= 0.3 is 6.09 Å². The molecule has 0 aromatic carbocycles. The molecule has 4 heterocycles. The van der Waals surface area contributed by atoms with E-state index >= 15 is 0 Å². The number of furan rings is 1. The van der Waals surface area contributed by atoms with E-state index in [1.54, 1.807) is 16.8 Å². The van der Waals surface area contributed by atoms with Crippen LogP contribution in [0.2, 0.25) is 0 Å². The molecule has 0 unspecified atom stereocenters. The summed E-state index contributed by atoms with van der Waals surface area (Å²) in [5, 5.41) is 10.3. The number of amides is 2. The van der Waals surface area contributed by atoms with Crippen molar-refractivity contribution in [3.63, 3.8) is 0 Å². The zero-order valence-electron chi connectivity index (χ0n) is 23.0. The molecule has 0 spiro atoms. The first-order chi connectivity index (χ1) is 17.9. The van der Waals surface area contributed by atoms with Gasteiger partial charge in [0.1, 0.15) is 17.2 Å². The molecule has 1 atom stereocenters. The van der Waals surface area contributed by atoms with Crippen LogP contribution < -0.4 is 10.6 Å². The van der Waals surface area contributed by atoms with E-state index in [1.807, 2.05) is 53.7 Å². The van der Waals surface area contributed by atoms with E-state index in [0.717, 1.165) is 36.5 Å². The van der Waals surface area contributed by atoms with Gasteiger partial charge in [-0.2, -0.15) is 5.10 Å². The summed E-state index contributed by atoms with van der Waals surface area (Å²) in [6.45, 7) is 13.5. The Kier molecular flexibility index (Phi) is 8.15. The van der Waals surface area contributed by atoms with E-state index in [2.05, 4.69) is 30.6 Å². The summed E-state index contributed by atoms with van der Waals surface area (Å²) in [5.41, 5.74) is 1.24. The molecule has 0 saturated carbocycles. The predicted octanol–water partition coefficient (Wildman–Crippen LogP) is 4.02. The monoisotopic (exact) mass is 523 g/mol. The standard InChI is InChI=1S/C27H37N7O4/c1-17-12-18(2)34(32-17)23-13-22(30-25(31-23)21-10-9-19(3)37-21)29-24(35)16-33-11-7-8-20(15-33)14-28-26(36)38-27(4,5)6/h9-10,12-13,20H,7-8,11,14-16H2,1-6H3,(H,28,36)(H,29,30,31,35)/t20-/m0/s1. The lowest BCUT2D eigenvalue weighted by molar-refractivity contribution is -0.117. The summed E-state index contributed by atoms with van der Waals surface area (Å²) in [4.78, 5) is 36.3. The number of alkyl carbamates (subject to hydrolysis) is 1. The number of carbonyl (C=O) groups is 2. The number of nitrogens with zero attached hydrogens (tertiary/aromatic N) is 5. The molecule has 11 heteroatoms. The van der Waals surface area contributed by atoms with Crippen LogP contribution in [-0.2, 0) is 9.53 Å². The van der Waals surface area contributed by atoms with Gasteiger partial charge in [-0.3, -0.25) is 9.69 Å². The third kappa shape index (κ3) is 7.41. The molecule has 2 N–H and O–H groups in total. The smallest absolute Gasteiger partial charge is 0.407 e. The molecule has 11 nitrogen and oxygen atoms in total. The number of aromatic nitrogens is 4. The van der Waals surface area contributed by atoms with Gasteiger partial charge in [0.05, 0.1) is 12.2 Å². The Bertz CT molecular complexity index is 1290. The first-order valence-corrected chi connectivity index (χ1v) is 12.9. The first-order valence-electron chi connectivity index (χ1n) is 12.9. The van der Waals surface area contributed by atoms with E-state index in [1.165, 1.54) is 0 Å². The molecule has 38 heavy (non-hydrogen) atoms. The highest BCUT2D eigenvalue weighted by atomic mass is 16.6. The fourth-order valence-electron chi connectivity index (χ4n) is 4.52. The van der Waals surface area contributed by atoms with Crippen LogP contribution in [0.4, 0.5) is 10.6 Å². The van der Waals surface area contributed by atoms with Crippen LogP contribution in [0.15, 0.2) is 28.7 Å². The first kappa shape index (κ1) is 27.3. The molecule has 3 aromatic heterocycles. The summed E-state index contributed by atoms with van der Waals surface area (Å²) in [6.07, 6.45) is 1.51. The molecule has 204 valence electrons. The highest BCUT2D eigenvalue weighted by Gasteiger charge is 2.24. The van der Waals surface area contributed by atoms with E-state index in [4.69, 9.17) is 9.15 Å². The second kappa shape index (κ2) is 11.3. The highest BCUT2D eigenvalue weighted by Crippen LogP contribution is 2.23. The predicted molar refractivity (Wildman–Crippen MR) is 143 cm³/mol. The van der Waals surface area contributed by atoms with Crippen molar-refractivity contribution in [1.29, 1.82) is 0 Å². The normalized spacial score (nSPS) is 16.3. The minimum Gasteiger partial charge on any atom is -0.458 e. The number of likely N-dealkylation sites (tertiary alicyclic amines) is 1. The number of hydrogen-bond donors (Lipinski definition) is 2. The Morgan fingerprint density at radius 3 is 2.61 bits per heavy atom. The molecule has 3 aromatic rings. The van der Waals surface area contributed by atoms with Crippen LogP contribution in [0.1, 0.15) is 50.8 Å². The molecule has 4 rings (SSSR count). The highest BCUT2D eigenvalue weighted by molar-refractivity contribution is 5.91. The number of hydrogen-bond acceptors (Lipinski definition) is 8. The summed E-state index contributed by atoms with van der Waals surface area (Å²) < 4.78 is 12.8. The quantitative estimate of drug-likeness (QED) is 0.475. The lowest BCUT2D eigenvalue weighted by atomic mass is 9.98. The summed E-state index contributed by atoms with van der Waals surface area (Å²) in [7, 11) is 0. The lowest BCUT2D eigenvalue weighted by Crippen LogP contribution is -2.44. The maximum absolute atomic E-state index is 13.0. The van der Waals surface area contributed by atoms with Crippen LogP contribution in [0.25, 0.3) is 17.4 Å². The van der Waals surface area contributed by atoms with Crippen LogP contribution in [0.5, 0.6) is 0 Å². The topological polar surface area (TPSA) is 127 Å². The molecule has 1 aliphatic heterocycles. The van der Waals surface area contributed by atoms with Crippen LogP contribution in [-0.4, -0.2) is 68.4 Å². The molecule has 0 bridgehead atoms. The third-order valence-corrected chi connectivity index (χ3v) is 6.07. The molecular formula is C27H37N7O4. The Labute approximate surface area is 223 Å². The largest absolute Gasteiger partial charge is 0.458 e. The van der Waals surface area contributed by atoms with Crippen molar-refractivity contribution in [1.82, 2.24) is 30.0 Å². The zero-order valence-corrected chi connectivity index (χ0v) is 23.0. The van der Waals surface area contributed by atoms with Gasteiger partial charge in [0.2, 0.25) is 5.91 Å². The van der Waals surface area contributed by atoms with Crippen molar-refractivity contribution >= 4 is 17.8 Å². The molecule has 0 aliphatic carbocycles. The second-order valence-corrected chi connectivity index (χ2v) is 10.9. The van der Waals surface area contributed by atoms with Gasteiger partial charge < -0.3 is 19.8 Å². The molecule has 2 amide bonds. The van der Waals surface area contributed by atoms with Crippen molar-refractivity contribution in [2.45, 2.75) is 60.0 Å². The SMILES string of the molecule is Cc1cc(C)n(-c2cc(NC(=O)CN3CCC[C@@H](CNC(=O)OC(C)(C)C)C3)nc(-c3ccc(C)o3)n2)n1. The van der Waals surface area contributed by atoms with E-state index in [9.17, 15) is 9.59 Å². The average molecular weight is 524 g/mol. The van der Waals surface area contributed by atoms with E-state index in [0.29, 0.717) is 36.3 Å². The minimum absolute atomic E-state index is 0.176. The van der Waals surface area contributed by atoms with Crippen LogP contribution in [0, 0.1) is 26.7 Å². The van der Waals surface area contributed by atoms with E-state index in [-0.39, 0.29) is 18.4 Å². The number of carbonyl (C=O) groups excluding carboxylic acids is 2. The van der Waals surface area contributed by atoms with Gasteiger partial charge in [-0.15, -0.1) is 0 Å². The van der Waals surface area contributed by atoms with Crippen molar-refractivity contribution < 1.29 is 18.7 Å². The van der Waals surface area contributed by atoms with E-state index < -0.39 is 11.7 Å². The number of ether oxygens (including phenoxy) is 1. The second-order valence-electron chi connectivity index (χ2n) is 10.9. The maximum Gasteiger partial charge on any atom is 0.407 e. The fraction of sp³-hybridized carbons (Fsp3) is 0.519. The number of nitrogens with one attached hydrogen (secondary N) is 2. The number of rotatable bonds is 7. The summed E-state index contributed by atoms with van der Waals surface area (Å²) in [6, 6.07) is 7.32. The van der Waals surface area contributed by atoms with Crippen molar-refractivity contribution in [3.8, 4) is 17.4 Å². The Balaban J connectivity index is 1.42. The van der Waals surface area contributed by atoms with Crippen molar-refractivity contribution in [3.05, 3.63) is 41.4 Å². The van der Waals surface area contributed by atoms with Gasteiger partial charge in [0, 0.05) is 24.8 Å². The number of anilines is 1.